The second-order valence-electron chi connectivity index (χ2n) is 4.81. The maximum atomic E-state index is 11.8. The zero-order chi connectivity index (χ0) is 13.7. The van der Waals surface area contributed by atoms with Crippen LogP contribution >= 0.6 is 22.6 Å². The predicted molar refractivity (Wildman–Crippen MR) is 86.2 cm³/mol. The molecule has 1 N–H and O–H groups in total. The van der Waals surface area contributed by atoms with Crippen molar-refractivity contribution in [2.45, 2.75) is 26.2 Å². The number of halogens is 1. The van der Waals surface area contributed by atoms with E-state index in [0.29, 0.717) is 11.5 Å². The Morgan fingerprint density at radius 1 is 1.42 bits per heavy atom. The summed E-state index contributed by atoms with van der Waals surface area (Å²) in [5.74, 6) is 0.288. The van der Waals surface area contributed by atoms with Gasteiger partial charge >= 0.3 is 0 Å². The monoisotopic (exact) mass is 368 g/mol. The Bertz CT molecular complexity index is 505. The van der Waals surface area contributed by atoms with E-state index in [1.54, 1.807) is 12.1 Å². The second-order valence-corrected chi connectivity index (χ2v) is 6.06. The minimum atomic E-state index is -0.157. The zero-order valence-corrected chi connectivity index (χ0v) is 13.1. The van der Waals surface area contributed by atoms with E-state index in [4.69, 9.17) is 0 Å². The van der Waals surface area contributed by atoms with Gasteiger partial charge in [-0.15, -0.1) is 0 Å². The first-order valence-electron chi connectivity index (χ1n) is 6.40. The molecule has 0 fully saturated rings. The number of carbonyl (C=O) groups is 1. The highest BCUT2D eigenvalue weighted by Crippen LogP contribution is 2.21. The van der Waals surface area contributed by atoms with Gasteiger partial charge in [0.25, 0.3) is 5.91 Å². The summed E-state index contributed by atoms with van der Waals surface area (Å²) in [7, 11) is 0. The van der Waals surface area contributed by atoms with Crippen LogP contribution in [0.4, 0.5) is 0 Å². The van der Waals surface area contributed by atoms with Crippen LogP contribution in [0, 0.1) is 9.49 Å². The molecule has 19 heavy (non-hydrogen) atoms. The van der Waals surface area contributed by atoms with Crippen molar-refractivity contribution in [3.8, 4) is 0 Å². The van der Waals surface area contributed by atoms with Crippen molar-refractivity contribution < 1.29 is 4.79 Å². The van der Waals surface area contributed by atoms with Gasteiger partial charge in [-0.2, -0.15) is 5.10 Å². The highest BCUT2D eigenvalue weighted by atomic mass is 127. The number of rotatable bonds is 3. The number of hydrogen-bond donors (Lipinski definition) is 1. The van der Waals surface area contributed by atoms with Crippen LogP contribution in [0.2, 0.25) is 0 Å². The average Bonchev–Trinajstić information content (AvgIpc) is 2.41. The largest absolute Gasteiger partial charge is 0.271 e. The number of carbonyl (C=O) groups excluding carboxylic acids is 1. The van der Waals surface area contributed by atoms with Crippen LogP contribution in [-0.4, -0.2) is 12.1 Å². The van der Waals surface area contributed by atoms with Gasteiger partial charge in [0, 0.05) is 15.3 Å². The molecule has 4 heteroatoms. The van der Waals surface area contributed by atoms with Crippen molar-refractivity contribution in [1.82, 2.24) is 5.43 Å². The van der Waals surface area contributed by atoms with Crippen molar-refractivity contribution in [3.05, 3.63) is 45.0 Å². The molecule has 1 aromatic carbocycles. The third-order valence-electron chi connectivity index (χ3n) is 3.24. The molecule has 0 aliphatic heterocycles. The van der Waals surface area contributed by atoms with Crippen molar-refractivity contribution in [3.63, 3.8) is 0 Å². The molecule has 0 bridgehead atoms. The van der Waals surface area contributed by atoms with Gasteiger partial charge in [0.1, 0.15) is 0 Å². The van der Waals surface area contributed by atoms with Gasteiger partial charge in [-0.1, -0.05) is 11.6 Å². The van der Waals surface area contributed by atoms with Crippen molar-refractivity contribution >= 4 is 34.7 Å². The van der Waals surface area contributed by atoms with Gasteiger partial charge in [0.15, 0.2) is 0 Å². The van der Waals surface area contributed by atoms with Gasteiger partial charge in [-0.3, -0.25) is 4.79 Å². The molecule has 0 aromatic heterocycles. The lowest BCUT2D eigenvalue weighted by Gasteiger charge is -2.15. The zero-order valence-electron chi connectivity index (χ0n) is 10.9. The first kappa shape index (κ1) is 14.2. The third kappa shape index (κ3) is 4.45. The minimum absolute atomic E-state index is 0.157. The van der Waals surface area contributed by atoms with Crippen LogP contribution in [0.3, 0.4) is 0 Å². The fraction of sp³-hybridized carbons (Fsp3) is 0.333. The van der Waals surface area contributed by atoms with Crippen molar-refractivity contribution in [2.24, 2.45) is 11.0 Å². The maximum absolute atomic E-state index is 11.8. The second kappa shape index (κ2) is 6.84. The quantitative estimate of drug-likeness (QED) is 0.375. The number of amides is 1. The van der Waals surface area contributed by atoms with Gasteiger partial charge in [-0.25, -0.2) is 5.43 Å². The van der Waals surface area contributed by atoms with E-state index >= 15 is 0 Å². The lowest BCUT2D eigenvalue weighted by atomic mass is 9.91. The summed E-state index contributed by atoms with van der Waals surface area (Å²) in [6, 6.07) is 7.43. The van der Waals surface area contributed by atoms with Crippen LogP contribution in [0.5, 0.6) is 0 Å². The van der Waals surface area contributed by atoms with Crippen molar-refractivity contribution in [1.29, 1.82) is 0 Å². The number of hydrogen-bond acceptors (Lipinski definition) is 2. The first-order chi connectivity index (χ1) is 9.15. The Morgan fingerprint density at radius 3 is 2.79 bits per heavy atom. The third-order valence-corrected chi connectivity index (χ3v) is 3.96. The summed E-state index contributed by atoms with van der Waals surface area (Å²) in [5, 5.41) is 4.06. The number of allylic oxidation sites excluding steroid dienone is 2. The van der Waals surface area contributed by atoms with Crippen molar-refractivity contribution in [2.75, 3.05) is 0 Å². The van der Waals surface area contributed by atoms with E-state index < -0.39 is 0 Å². The van der Waals surface area contributed by atoms with E-state index in [9.17, 15) is 4.79 Å². The summed E-state index contributed by atoms with van der Waals surface area (Å²) >= 11 is 2.21. The van der Waals surface area contributed by atoms with Crippen LogP contribution in [0.15, 0.2) is 41.0 Å². The molecule has 1 aliphatic rings. The summed E-state index contributed by atoms with van der Waals surface area (Å²) in [6.45, 7) is 2.16. The van der Waals surface area contributed by atoms with E-state index in [1.165, 1.54) is 5.57 Å². The van der Waals surface area contributed by atoms with Crippen LogP contribution in [0.1, 0.15) is 36.5 Å². The van der Waals surface area contributed by atoms with Gasteiger partial charge in [0.2, 0.25) is 0 Å². The van der Waals surface area contributed by atoms with Gasteiger partial charge in [0.05, 0.1) is 0 Å². The summed E-state index contributed by atoms with van der Waals surface area (Å²) in [5.41, 5.74) is 4.67. The Kier molecular flexibility index (Phi) is 5.13. The van der Waals surface area contributed by atoms with Gasteiger partial charge < -0.3 is 0 Å². The SMILES string of the molecule is CC1=CCC(/C=N\NC(=O)c2ccc(I)cc2)CC1. The molecule has 3 nitrogen and oxygen atoms in total. The molecule has 2 rings (SSSR count). The topological polar surface area (TPSA) is 41.5 Å². The number of hydrazone groups is 1. The Hall–Kier alpha value is -1.17. The summed E-state index contributed by atoms with van der Waals surface area (Å²) < 4.78 is 1.11. The van der Waals surface area contributed by atoms with Crippen LogP contribution < -0.4 is 5.43 Å². The molecule has 1 unspecified atom stereocenters. The molecule has 0 spiro atoms. The standard InChI is InChI=1S/C15H17IN2O/c1-11-2-4-12(5-3-11)10-17-18-15(19)13-6-8-14(16)9-7-13/h2,6-10,12H,3-5H2,1H3,(H,18,19)/b17-10-. The summed E-state index contributed by atoms with van der Waals surface area (Å²) in [4.78, 5) is 11.8. The number of nitrogens with zero attached hydrogens (tertiary/aromatic N) is 1. The van der Waals surface area contributed by atoms with Crippen LogP contribution in [-0.2, 0) is 0 Å². The highest BCUT2D eigenvalue weighted by molar-refractivity contribution is 14.1. The Morgan fingerprint density at radius 2 is 2.16 bits per heavy atom. The molecule has 0 saturated heterocycles. The maximum Gasteiger partial charge on any atom is 0.271 e. The van der Waals surface area contributed by atoms with E-state index in [2.05, 4.69) is 46.1 Å². The van der Waals surface area contributed by atoms with Gasteiger partial charge in [-0.05, 0) is 79.0 Å². The molecule has 1 amide bonds. The summed E-state index contributed by atoms with van der Waals surface area (Å²) in [6.07, 6.45) is 7.37. The Labute approximate surface area is 127 Å². The molecular weight excluding hydrogens is 351 g/mol. The molecular formula is C15H17IN2O. The smallest absolute Gasteiger partial charge is 0.267 e. The predicted octanol–water partition coefficient (Wildman–Crippen LogP) is 3.75. The Balaban J connectivity index is 1.85. The molecule has 1 atom stereocenters. The van der Waals surface area contributed by atoms with E-state index in [0.717, 1.165) is 22.8 Å². The molecule has 1 aromatic rings. The molecule has 100 valence electrons. The lowest BCUT2D eigenvalue weighted by molar-refractivity contribution is 0.0955. The fourth-order valence-corrected chi connectivity index (χ4v) is 2.35. The normalized spacial score (nSPS) is 19.3. The fourth-order valence-electron chi connectivity index (χ4n) is 1.99. The van der Waals surface area contributed by atoms with E-state index in [1.807, 2.05) is 18.3 Å². The number of nitrogens with one attached hydrogen (secondary N) is 1. The lowest BCUT2D eigenvalue weighted by Crippen LogP contribution is -2.19. The molecule has 0 saturated carbocycles. The molecule has 1 aliphatic carbocycles. The number of benzene rings is 1. The molecule has 0 heterocycles. The molecule has 0 radical (unpaired) electrons. The first-order valence-corrected chi connectivity index (χ1v) is 7.48. The van der Waals surface area contributed by atoms with E-state index in [-0.39, 0.29) is 5.91 Å². The minimum Gasteiger partial charge on any atom is -0.267 e. The average molecular weight is 368 g/mol. The highest BCUT2D eigenvalue weighted by Gasteiger charge is 2.10. The van der Waals surface area contributed by atoms with Crippen LogP contribution in [0.25, 0.3) is 0 Å².